The Morgan fingerprint density at radius 2 is 1.84 bits per heavy atom. The molecule has 1 aromatic carbocycles. The van der Waals surface area contributed by atoms with Crippen molar-refractivity contribution in [2.24, 2.45) is 5.92 Å². The Morgan fingerprint density at radius 1 is 1.16 bits per heavy atom. The van der Waals surface area contributed by atoms with Gasteiger partial charge in [-0.15, -0.1) is 0 Å². The Morgan fingerprint density at radius 3 is 2.42 bits per heavy atom. The lowest BCUT2D eigenvalue weighted by Gasteiger charge is -2.23. The van der Waals surface area contributed by atoms with Crippen LogP contribution < -0.4 is 5.32 Å². The van der Waals surface area contributed by atoms with Gasteiger partial charge < -0.3 is 5.32 Å². The highest BCUT2D eigenvalue weighted by atomic mass is 14.9. The summed E-state index contributed by atoms with van der Waals surface area (Å²) in [6.07, 6.45) is 5.33. The summed E-state index contributed by atoms with van der Waals surface area (Å²) in [6, 6.07) is 7.07. The molecule has 19 heavy (non-hydrogen) atoms. The van der Waals surface area contributed by atoms with E-state index < -0.39 is 0 Å². The molecule has 1 nitrogen and oxygen atoms in total. The van der Waals surface area contributed by atoms with Crippen molar-refractivity contribution in [1.29, 1.82) is 0 Å². The highest BCUT2D eigenvalue weighted by molar-refractivity contribution is 5.34. The van der Waals surface area contributed by atoms with Crippen molar-refractivity contribution in [3.8, 4) is 0 Å². The number of piperidine rings is 1. The van der Waals surface area contributed by atoms with Gasteiger partial charge in [-0.05, 0) is 73.7 Å². The van der Waals surface area contributed by atoms with Gasteiger partial charge in [0.15, 0.2) is 0 Å². The molecule has 0 aromatic heterocycles. The molecule has 1 saturated heterocycles. The number of benzene rings is 1. The molecule has 0 bridgehead atoms. The Hall–Kier alpha value is -0.820. The van der Waals surface area contributed by atoms with E-state index in [1.54, 1.807) is 5.56 Å². The summed E-state index contributed by atoms with van der Waals surface area (Å²) >= 11 is 0. The predicted molar refractivity (Wildman–Crippen MR) is 83.8 cm³/mol. The molecule has 0 amide bonds. The van der Waals surface area contributed by atoms with E-state index in [1.807, 2.05) is 0 Å². The molecule has 1 aliphatic rings. The van der Waals surface area contributed by atoms with Crippen LogP contribution in [0.3, 0.4) is 0 Å². The third kappa shape index (κ3) is 4.07. The zero-order valence-electron chi connectivity index (χ0n) is 13.1. The van der Waals surface area contributed by atoms with E-state index in [0.717, 1.165) is 5.92 Å². The molecule has 1 aromatic rings. The van der Waals surface area contributed by atoms with Gasteiger partial charge in [-0.25, -0.2) is 0 Å². The maximum absolute atomic E-state index is 3.45. The second-order valence-corrected chi connectivity index (χ2v) is 7.12. The monoisotopic (exact) mass is 259 g/mol. The molecule has 1 heteroatoms. The summed E-state index contributed by atoms with van der Waals surface area (Å²) in [5.74, 6) is 0.933. The smallest absolute Gasteiger partial charge is 0.00463 e. The second kappa shape index (κ2) is 6.09. The first kappa shape index (κ1) is 14.6. The predicted octanol–water partition coefficient (Wildman–Crippen LogP) is 4.22. The number of aryl methyl sites for hydroxylation is 2. The molecule has 0 radical (unpaired) electrons. The summed E-state index contributed by atoms with van der Waals surface area (Å²) in [4.78, 5) is 0. The Labute approximate surface area is 118 Å². The quantitative estimate of drug-likeness (QED) is 0.857. The number of hydrogen-bond acceptors (Lipinski definition) is 1. The van der Waals surface area contributed by atoms with Crippen molar-refractivity contribution in [1.82, 2.24) is 5.32 Å². The van der Waals surface area contributed by atoms with Crippen molar-refractivity contribution in [3.63, 3.8) is 0 Å². The first-order valence-electron chi connectivity index (χ1n) is 7.77. The fourth-order valence-corrected chi connectivity index (χ4v) is 2.97. The van der Waals surface area contributed by atoms with E-state index in [4.69, 9.17) is 0 Å². The van der Waals surface area contributed by atoms with Crippen LogP contribution in [0, 0.1) is 12.8 Å². The summed E-state index contributed by atoms with van der Waals surface area (Å²) < 4.78 is 0. The SMILES string of the molecule is Cc1cc(C(C)(C)C)ccc1CCC1CCNCC1. The third-order valence-corrected chi connectivity index (χ3v) is 4.49. The molecule has 1 heterocycles. The second-order valence-electron chi connectivity index (χ2n) is 7.12. The van der Waals surface area contributed by atoms with Gasteiger partial charge in [0.2, 0.25) is 0 Å². The maximum atomic E-state index is 3.45. The zero-order valence-corrected chi connectivity index (χ0v) is 13.1. The molecule has 0 spiro atoms. The first-order chi connectivity index (χ1) is 8.97. The molecular weight excluding hydrogens is 230 g/mol. The minimum atomic E-state index is 0.262. The van der Waals surface area contributed by atoms with Crippen LogP contribution in [0.15, 0.2) is 18.2 Å². The molecule has 0 aliphatic carbocycles. The minimum Gasteiger partial charge on any atom is -0.317 e. The van der Waals surface area contributed by atoms with E-state index in [-0.39, 0.29) is 5.41 Å². The average Bonchev–Trinajstić information content (AvgIpc) is 2.37. The molecule has 0 saturated carbocycles. The van der Waals surface area contributed by atoms with Crippen molar-refractivity contribution in [3.05, 3.63) is 34.9 Å². The Kier molecular flexibility index (Phi) is 4.67. The van der Waals surface area contributed by atoms with Gasteiger partial charge in [-0.3, -0.25) is 0 Å². The summed E-state index contributed by atoms with van der Waals surface area (Å²) in [5.41, 5.74) is 4.74. The van der Waals surface area contributed by atoms with Crippen LogP contribution in [0.25, 0.3) is 0 Å². The van der Waals surface area contributed by atoms with Crippen molar-refractivity contribution in [2.75, 3.05) is 13.1 Å². The summed E-state index contributed by atoms with van der Waals surface area (Å²) in [6.45, 7) is 11.6. The number of hydrogen-bond donors (Lipinski definition) is 1. The number of nitrogens with one attached hydrogen (secondary N) is 1. The summed E-state index contributed by atoms with van der Waals surface area (Å²) in [7, 11) is 0. The zero-order chi connectivity index (χ0) is 13.9. The van der Waals surface area contributed by atoms with E-state index in [0.29, 0.717) is 0 Å². The Bertz CT molecular complexity index is 408. The van der Waals surface area contributed by atoms with Gasteiger partial charge in [0.1, 0.15) is 0 Å². The highest BCUT2D eigenvalue weighted by Crippen LogP contribution is 2.26. The third-order valence-electron chi connectivity index (χ3n) is 4.49. The van der Waals surface area contributed by atoms with E-state index in [1.165, 1.54) is 49.9 Å². The topological polar surface area (TPSA) is 12.0 Å². The fraction of sp³-hybridized carbons (Fsp3) is 0.667. The lowest BCUT2D eigenvalue weighted by Crippen LogP contribution is -2.27. The van der Waals surface area contributed by atoms with Crippen LogP contribution in [0.4, 0.5) is 0 Å². The first-order valence-corrected chi connectivity index (χ1v) is 7.77. The minimum absolute atomic E-state index is 0.262. The van der Waals surface area contributed by atoms with Crippen LogP contribution >= 0.6 is 0 Å². The van der Waals surface area contributed by atoms with Crippen molar-refractivity contribution in [2.45, 2.75) is 58.8 Å². The van der Waals surface area contributed by atoms with E-state index in [9.17, 15) is 0 Å². The molecular formula is C18H29N. The average molecular weight is 259 g/mol. The fourth-order valence-electron chi connectivity index (χ4n) is 2.97. The normalized spacial score (nSPS) is 17.7. The maximum Gasteiger partial charge on any atom is -0.00463 e. The molecule has 1 N–H and O–H groups in total. The van der Waals surface area contributed by atoms with Crippen LogP contribution in [0.5, 0.6) is 0 Å². The molecule has 0 unspecified atom stereocenters. The molecule has 0 atom stereocenters. The van der Waals surface area contributed by atoms with Crippen molar-refractivity contribution >= 4 is 0 Å². The lowest BCUT2D eigenvalue weighted by atomic mass is 9.84. The van der Waals surface area contributed by atoms with Crippen LogP contribution in [0.1, 0.15) is 56.7 Å². The number of rotatable bonds is 3. The van der Waals surface area contributed by atoms with Gasteiger partial charge in [0.05, 0.1) is 0 Å². The van der Waals surface area contributed by atoms with Crippen molar-refractivity contribution < 1.29 is 0 Å². The van der Waals surface area contributed by atoms with Crippen LogP contribution in [-0.2, 0) is 11.8 Å². The summed E-state index contributed by atoms with van der Waals surface area (Å²) in [5, 5.41) is 3.45. The molecule has 2 rings (SSSR count). The van der Waals surface area contributed by atoms with Gasteiger partial charge in [0, 0.05) is 0 Å². The van der Waals surface area contributed by atoms with E-state index in [2.05, 4.69) is 51.2 Å². The standard InChI is InChI=1S/C18H29N/c1-14-13-17(18(2,3)4)8-7-16(14)6-5-15-9-11-19-12-10-15/h7-8,13,15,19H,5-6,9-12H2,1-4H3. The van der Waals surface area contributed by atoms with Crippen LogP contribution in [0.2, 0.25) is 0 Å². The molecule has 1 fully saturated rings. The van der Waals surface area contributed by atoms with Crippen LogP contribution in [-0.4, -0.2) is 13.1 Å². The largest absolute Gasteiger partial charge is 0.317 e. The van der Waals surface area contributed by atoms with Gasteiger partial charge in [0.25, 0.3) is 0 Å². The highest BCUT2D eigenvalue weighted by Gasteiger charge is 2.16. The molecule has 1 aliphatic heterocycles. The van der Waals surface area contributed by atoms with E-state index >= 15 is 0 Å². The lowest BCUT2D eigenvalue weighted by molar-refractivity contribution is 0.354. The van der Waals surface area contributed by atoms with Gasteiger partial charge in [-0.1, -0.05) is 39.0 Å². The molecule has 106 valence electrons. The van der Waals surface area contributed by atoms with Gasteiger partial charge >= 0.3 is 0 Å². The Balaban J connectivity index is 1.97. The van der Waals surface area contributed by atoms with Gasteiger partial charge in [-0.2, -0.15) is 0 Å².